The molecule has 1 N–H and O–H groups in total. The molecule has 1 aliphatic rings. The van der Waals surface area contributed by atoms with Gasteiger partial charge in [-0.15, -0.1) is 0 Å². The highest BCUT2D eigenvalue weighted by atomic mass is 79.9. The molecule has 0 atom stereocenters. The minimum atomic E-state index is 1.08. The number of halogens is 1. The van der Waals surface area contributed by atoms with E-state index >= 15 is 0 Å². The van der Waals surface area contributed by atoms with Gasteiger partial charge in [-0.2, -0.15) is 0 Å². The summed E-state index contributed by atoms with van der Waals surface area (Å²) in [6.07, 6.45) is 6.55. The fourth-order valence-electron chi connectivity index (χ4n) is 2.30. The molecule has 2 aromatic rings. The molecule has 0 radical (unpaired) electrons. The molecular formula is C17H14BrN. The number of hydrogen-bond donors (Lipinski definition) is 1. The molecule has 2 heteroatoms. The first kappa shape index (κ1) is 12.2. The third-order valence-electron chi connectivity index (χ3n) is 3.30. The van der Waals surface area contributed by atoms with Crippen molar-refractivity contribution < 1.29 is 0 Å². The number of rotatable bonds is 2. The number of benzene rings is 2. The molecule has 0 unspecified atom stereocenters. The molecule has 0 bridgehead atoms. The van der Waals surface area contributed by atoms with Crippen molar-refractivity contribution in [2.75, 3.05) is 12.4 Å². The summed E-state index contributed by atoms with van der Waals surface area (Å²) in [5.41, 5.74) is 6.16. The molecule has 3 rings (SSSR count). The molecule has 94 valence electrons. The normalized spacial score (nSPS) is 14.7. The smallest absolute Gasteiger partial charge is 0.0482 e. The number of anilines is 1. The topological polar surface area (TPSA) is 12.0 Å². The summed E-state index contributed by atoms with van der Waals surface area (Å²) in [5.74, 6) is 0. The van der Waals surface area contributed by atoms with E-state index in [0.717, 1.165) is 10.2 Å². The summed E-state index contributed by atoms with van der Waals surface area (Å²) in [7, 11) is 1.92. The first-order valence-corrected chi connectivity index (χ1v) is 7.04. The maximum atomic E-state index is 3.58. The third kappa shape index (κ3) is 2.36. The molecule has 0 fully saturated rings. The van der Waals surface area contributed by atoms with Crippen LogP contribution >= 0.6 is 15.9 Å². The van der Waals surface area contributed by atoms with Gasteiger partial charge in [0.25, 0.3) is 0 Å². The third-order valence-corrected chi connectivity index (χ3v) is 3.95. The molecule has 0 spiro atoms. The first-order valence-electron chi connectivity index (χ1n) is 6.24. The Morgan fingerprint density at radius 2 is 1.89 bits per heavy atom. The van der Waals surface area contributed by atoms with Crippen LogP contribution in [0.2, 0.25) is 0 Å². The summed E-state index contributed by atoms with van der Waals surface area (Å²) >= 11 is 3.58. The zero-order chi connectivity index (χ0) is 13.2. The Morgan fingerprint density at radius 1 is 1.05 bits per heavy atom. The second kappa shape index (κ2) is 5.06. The van der Waals surface area contributed by atoms with E-state index in [1.807, 2.05) is 7.05 Å². The minimum Gasteiger partial charge on any atom is -0.387 e. The van der Waals surface area contributed by atoms with Gasteiger partial charge in [0, 0.05) is 17.2 Å². The van der Waals surface area contributed by atoms with E-state index < -0.39 is 0 Å². The van der Waals surface area contributed by atoms with Crippen LogP contribution in [0.3, 0.4) is 0 Å². The van der Waals surface area contributed by atoms with Gasteiger partial charge in [-0.1, -0.05) is 42.5 Å². The summed E-state index contributed by atoms with van der Waals surface area (Å²) in [5, 5.41) is 3.15. The fourth-order valence-corrected chi connectivity index (χ4v) is 2.90. The SMILES string of the molecule is CNc1ccc(/C=C2\C=Cc3ccccc32)cc1Br. The van der Waals surface area contributed by atoms with Crippen LogP contribution in [0, 0.1) is 0 Å². The fraction of sp³-hybridized carbons (Fsp3) is 0.0588. The highest BCUT2D eigenvalue weighted by Crippen LogP contribution is 2.31. The van der Waals surface area contributed by atoms with Crippen LogP contribution in [0.4, 0.5) is 5.69 Å². The lowest BCUT2D eigenvalue weighted by Crippen LogP contribution is -1.89. The molecule has 0 aliphatic heterocycles. The summed E-state index contributed by atoms with van der Waals surface area (Å²) < 4.78 is 1.08. The Kier molecular flexibility index (Phi) is 3.26. The van der Waals surface area contributed by atoms with Crippen LogP contribution in [-0.4, -0.2) is 7.05 Å². The van der Waals surface area contributed by atoms with Gasteiger partial charge in [-0.3, -0.25) is 0 Å². The van der Waals surface area contributed by atoms with Crippen molar-refractivity contribution in [3.63, 3.8) is 0 Å². The maximum absolute atomic E-state index is 3.58. The van der Waals surface area contributed by atoms with Crippen LogP contribution in [0.5, 0.6) is 0 Å². The summed E-state index contributed by atoms with van der Waals surface area (Å²) in [6, 6.07) is 14.8. The van der Waals surface area contributed by atoms with Crippen molar-refractivity contribution in [2.45, 2.75) is 0 Å². The maximum Gasteiger partial charge on any atom is 0.0482 e. The predicted octanol–water partition coefficient (Wildman–Crippen LogP) is 5.06. The largest absolute Gasteiger partial charge is 0.387 e. The van der Waals surface area contributed by atoms with Gasteiger partial charge >= 0.3 is 0 Å². The van der Waals surface area contributed by atoms with Crippen molar-refractivity contribution in [1.29, 1.82) is 0 Å². The molecular weight excluding hydrogens is 298 g/mol. The lowest BCUT2D eigenvalue weighted by Gasteiger charge is -2.05. The van der Waals surface area contributed by atoms with Crippen molar-refractivity contribution in [2.24, 2.45) is 0 Å². The average molecular weight is 312 g/mol. The molecule has 0 saturated heterocycles. The van der Waals surface area contributed by atoms with Crippen molar-refractivity contribution in [3.05, 3.63) is 69.7 Å². The standard InChI is InChI=1S/C17H14BrN/c1-19-17-9-6-12(11-16(17)18)10-14-8-7-13-4-2-3-5-15(13)14/h2-11,19H,1H3/b14-10+. The zero-order valence-corrected chi connectivity index (χ0v) is 12.2. The van der Waals surface area contributed by atoms with Crippen LogP contribution in [0.1, 0.15) is 16.7 Å². The molecule has 1 aliphatic carbocycles. The van der Waals surface area contributed by atoms with Crippen molar-refractivity contribution in [1.82, 2.24) is 0 Å². The Morgan fingerprint density at radius 3 is 2.68 bits per heavy atom. The summed E-state index contributed by atoms with van der Waals surface area (Å²) in [6.45, 7) is 0. The second-order valence-corrected chi connectivity index (χ2v) is 5.36. The van der Waals surface area contributed by atoms with Crippen molar-refractivity contribution in [3.8, 4) is 0 Å². The van der Waals surface area contributed by atoms with Crippen molar-refractivity contribution >= 4 is 39.3 Å². The van der Waals surface area contributed by atoms with Gasteiger partial charge in [-0.25, -0.2) is 0 Å². The number of allylic oxidation sites excluding steroid dienone is 2. The van der Waals surface area contributed by atoms with Crippen LogP contribution < -0.4 is 5.32 Å². The van der Waals surface area contributed by atoms with E-state index in [1.165, 1.54) is 22.3 Å². The van der Waals surface area contributed by atoms with E-state index in [-0.39, 0.29) is 0 Å². The van der Waals surface area contributed by atoms with Crippen LogP contribution in [0.15, 0.2) is 53.0 Å². The van der Waals surface area contributed by atoms with Crippen LogP contribution in [0.25, 0.3) is 17.7 Å². The van der Waals surface area contributed by atoms with Gasteiger partial charge in [0.2, 0.25) is 0 Å². The first-order chi connectivity index (χ1) is 9.28. The average Bonchev–Trinajstić information content (AvgIpc) is 2.83. The molecule has 0 saturated carbocycles. The molecule has 0 aromatic heterocycles. The van der Waals surface area contributed by atoms with Gasteiger partial charge in [0.1, 0.15) is 0 Å². The van der Waals surface area contributed by atoms with E-state index in [0.29, 0.717) is 0 Å². The number of nitrogens with one attached hydrogen (secondary N) is 1. The molecule has 1 nitrogen and oxygen atoms in total. The number of fused-ring (bicyclic) bond motifs is 1. The van der Waals surface area contributed by atoms with E-state index in [4.69, 9.17) is 0 Å². The monoisotopic (exact) mass is 311 g/mol. The Hall–Kier alpha value is -1.80. The van der Waals surface area contributed by atoms with Gasteiger partial charge in [0.15, 0.2) is 0 Å². The van der Waals surface area contributed by atoms with Gasteiger partial charge < -0.3 is 5.32 Å². The van der Waals surface area contributed by atoms with Gasteiger partial charge in [-0.05, 0) is 56.4 Å². The zero-order valence-electron chi connectivity index (χ0n) is 10.7. The minimum absolute atomic E-state index is 1.08. The Bertz CT molecular complexity index is 683. The van der Waals surface area contributed by atoms with E-state index in [2.05, 4.69) is 81.9 Å². The number of hydrogen-bond acceptors (Lipinski definition) is 1. The lowest BCUT2D eigenvalue weighted by atomic mass is 10.0. The summed E-state index contributed by atoms with van der Waals surface area (Å²) in [4.78, 5) is 0. The van der Waals surface area contributed by atoms with Gasteiger partial charge in [0.05, 0.1) is 0 Å². The molecule has 19 heavy (non-hydrogen) atoms. The lowest BCUT2D eigenvalue weighted by molar-refractivity contribution is 1.48. The van der Waals surface area contributed by atoms with E-state index in [1.54, 1.807) is 0 Å². The molecule has 0 amide bonds. The Balaban J connectivity index is 2.00. The molecule has 2 aromatic carbocycles. The highest BCUT2D eigenvalue weighted by Gasteiger charge is 2.09. The predicted molar refractivity (Wildman–Crippen MR) is 87.0 cm³/mol. The Labute approximate surface area is 121 Å². The van der Waals surface area contributed by atoms with E-state index in [9.17, 15) is 0 Å². The highest BCUT2D eigenvalue weighted by molar-refractivity contribution is 9.10. The van der Waals surface area contributed by atoms with Crippen LogP contribution in [-0.2, 0) is 0 Å². The second-order valence-electron chi connectivity index (χ2n) is 4.51. The molecule has 0 heterocycles. The quantitative estimate of drug-likeness (QED) is 0.817.